The van der Waals surface area contributed by atoms with E-state index in [1.165, 1.54) is 0 Å². The van der Waals surface area contributed by atoms with Gasteiger partial charge in [-0.2, -0.15) is 0 Å². The van der Waals surface area contributed by atoms with Crippen molar-refractivity contribution in [3.8, 4) is 11.3 Å². The van der Waals surface area contributed by atoms with Crippen LogP contribution in [0.25, 0.3) is 22.2 Å². The average Bonchev–Trinajstić information content (AvgIpc) is 2.45. The van der Waals surface area contributed by atoms with Crippen molar-refractivity contribution in [1.29, 1.82) is 0 Å². The van der Waals surface area contributed by atoms with Crippen LogP contribution in [0.15, 0.2) is 36.5 Å². The molecule has 2 aromatic heterocycles. The second-order valence-corrected chi connectivity index (χ2v) is 4.56. The summed E-state index contributed by atoms with van der Waals surface area (Å²) in [5.74, 6) is 0.486. The average molecular weight is 250 g/mol. The molecule has 2 heterocycles. The van der Waals surface area contributed by atoms with Crippen LogP contribution in [0.1, 0.15) is 11.1 Å². The minimum atomic E-state index is 0.486. The molecule has 1 aromatic carbocycles. The molecule has 0 spiro atoms. The minimum absolute atomic E-state index is 0.486. The fourth-order valence-corrected chi connectivity index (χ4v) is 2.19. The van der Waals surface area contributed by atoms with Gasteiger partial charge in [0.1, 0.15) is 5.82 Å². The number of hydrogen-bond donors (Lipinski definition) is 1. The Morgan fingerprint density at radius 2 is 1.79 bits per heavy atom. The van der Waals surface area contributed by atoms with E-state index in [0.717, 1.165) is 33.3 Å². The highest BCUT2D eigenvalue weighted by Gasteiger charge is 2.12. The number of nitrogens with zero attached hydrogens (tertiary/aromatic N) is 3. The zero-order valence-electron chi connectivity index (χ0n) is 10.9. The van der Waals surface area contributed by atoms with Gasteiger partial charge in [-0.1, -0.05) is 18.2 Å². The third-order valence-electron chi connectivity index (χ3n) is 3.46. The molecule has 0 amide bonds. The van der Waals surface area contributed by atoms with Crippen LogP contribution in [0, 0.1) is 13.8 Å². The van der Waals surface area contributed by atoms with Gasteiger partial charge in [0, 0.05) is 17.1 Å². The quantitative estimate of drug-likeness (QED) is 0.721. The van der Waals surface area contributed by atoms with Crippen LogP contribution in [0.5, 0.6) is 0 Å². The minimum Gasteiger partial charge on any atom is -0.382 e. The van der Waals surface area contributed by atoms with E-state index in [4.69, 9.17) is 5.73 Å². The van der Waals surface area contributed by atoms with Crippen molar-refractivity contribution >= 4 is 16.7 Å². The summed E-state index contributed by atoms with van der Waals surface area (Å²) in [6.45, 7) is 3.98. The first kappa shape index (κ1) is 11.6. The fraction of sp³-hybridized carbons (Fsp3) is 0.133. The van der Waals surface area contributed by atoms with Crippen molar-refractivity contribution in [3.63, 3.8) is 0 Å². The number of pyridine rings is 1. The second-order valence-electron chi connectivity index (χ2n) is 4.56. The van der Waals surface area contributed by atoms with Crippen molar-refractivity contribution in [2.75, 3.05) is 5.73 Å². The lowest BCUT2D eigenvalue weighted by Crippen LogP contribution is -2.02. The van der Waals surface area contributed by atoms with Crippen LogP contribution in [0.2, 0.25) is 0 Å². The molecular formula is C15H14N4. The molecule has 0 saturated heterocycles. The molecule has 0 atom stereocenters. The predicted octanol–water partition coefficient (Wildman–Crippen LogP) is 2.89. The van der Waals surface area contributed by atoms with E-state index in [-0.39, 0.29) is 0 Å². The first-order valence-electron chi connectivity index (χ1n) is 6.12. The van der Waals surface area contributed by atoms with Gasteiger partial charge in [0.05, 0.1) is 11.2 Å². The van der Waals surface area contributed by atoms with Gasteiger partial charge >= 0.3 is 0 Å². The molecule has 3 aromatic rings. The molecule has 0 saturated carbocycles. The normalized spacial score (nSPS) is 10.8. The number of aromatic nitrogens is 3. The van der Waals surface area contributed by atoms with Crippen LogP contribution >= 0.6 is 0 Å². The van der Waals surface area contributed by atoms with Gasteiger partial charge in [-0.3, -0.25) is 4.98 Å². The van der Waals surface area contributed by atoms with Gasteiger partial charge in [0.15, 0.2) is 0 Å². The first-order chi connectivity index (χ1) is 9.18. The van der Waals surface area contributed by atoms with Crippen molar-refractivity contribution in [3.05, 3.63) is 47.7 Å². The van der Waals surface area contributed by atoms with Crippen LogP contribution in [-0.4, -0.2) is 15.2 Å². The van der Waals surface area contributed by atoms with Crippen LogP contribution in [0.4, 0.5) is 5.82 Å². The Hall–Kier alpha value is -2.49. The van der Waals surface area contributed by atoms with Crippen LogP contribution in [-0.2, 0) is 0 Å². The van der Waals surface area contributed by atoms with Crippen molar-refractivity contribution in [2.24, 2.45) is 0 Å². The summed E-state index contributed by atoms with van der Waals surface area (Å²) in [4.78, 5) is 4.36. The maximum Gasteiger partial charge on any atom is 0.149 e. The molecule has 94 valence electrons. The Morgan fingerprint density at radius 1 is 0.947 bits per heavy atom. The number of anilines is 1. The predicted molar refractivity (Wildman–Crippen MR) is 76.7 cm³/mol. The Morgan fingerprint density at radius 3 is 2.63 bits per heavy atom. The molecule has 4 nitrogen and oxygen atoms in total. The number of nitrogen functional groups attached to an aromatic ring is 1. The van der Waals surface area contributed by atoms with E-state index in [0.29, 0.717) is 5.82 Å². The largest absolute Gasteiger partial charge is 0.382 e. The lowest BCUT2D eigenvalue weighted by Gasteiger charge is -2.10. The topological polar surface area (TPSA) is 64.7 Å². The number of fused-ring (bicyclic) bond motifs is 1. The third-order valence-corrected chi connectivity index (χ3v) is 3.46. The van der Waals surface area contributed by atoms with Gasteiger partial charge in [-0.05, 0) is 37.1 Å². The molecule has 2 N–H and O–H groups in total. The summed E-state index contributed by atoms with van der Waals surface area (Å²) < 4.78 is 0. The summed E-state index contributed by atoms with van der Waals surface area (Å²) in [5.41, 5.74) is 10.7. The van der Waals surface area contributed by atoms with Crippen molar-refractivity contribution in [1.82, 2.24) is 15.2 Å². The summed E-state index contributed by atoms with van der Waals surface area (Å²) >= 11 is 0. The highest BCUT2D eigenvalue weighted by Crippen LogP contribution is 2.30. The number of nitrogens with two attached hydrogens (primary N) is 1. The molecule has 0 aliphatic carbocycles. The molecule has 0 fully saturated rings. The maximum absolute atomic E-state index is 5.79. The molecule has 4 heteroatoms. The van der Waals surface area contributed by atoms with E-state index in [1.54, 1.807) is 6.20 Å². The molecule has 0 aliphatic rings. The van der Waals surface area contributed by atoms with E-state index in [2.05, 4.69) is 15.2 Å². The molecule has 0 aliphatic heterocycles. The summed E-state index contributed by atoms with van der Waals surface area (Å²) in [7, 11) is 0. The Bertz CT molecular complexity index is 760. The smallest absolute Gasteiger partial charge is 0.149 e. The SMILES string of the molecule is Cc1c(N)nnc(-c2cccc3ncccc23)c1C. The van der Waals surface area contributed by atoms with Gasteiger partial charge in [0.2, 0.25) is 0 Å². The van der Waals surface area contributed by atoms with E-state index < -0.39 is 0 Å². The van der Waals surface area contributed by atoms with E-state index in [9.17, 15) is 0 Å². The lowest BCUT2D eigenvalue weighted by molar-refractivity contribution is 1.02. The van der Waals surface area contributed by atoms with Gasteiger partial charge in [0.25, 0.3) is 0 Å². The molecule has 19 heavy (non-hydrogen) atoms. The Balaban J connectivity index is 2.34. The highest BCUT2D eigenvalue weighted by atomic mass is 15.1. The fourth-order valence-electron chi connectivity index (χ4n) is 2.19. The third kappa shape index (κ3) is 1.81. The van der Waals surface area contributed by atoms with Crippen molar-refractivity contribution < 1.29 is 0 Å². The molecule has 0 radical (unpaired) electrons. The molecular weight excluding hydrogens is 236 g/mol. The summed E-state index contributed by atoms with van der Waals surface area (Å²) in [5, 5.41) is 9.36. The highest BCUT2D eigenvalue weighted by molar-refractivity contribution is 5.94. The maximum atomic E-state index is 5.79. The van der Waals surface area contributed by atoms with Gasteiger partial charge in [-0.15, -0.1) is 10.2 Å². The first-order valence-corrected chi connectivity index (χ1v) is 6.12. The van der Waals surface area contributed by atoms with Crippen molar-refractivity contribution in [2.45, 2.75) is 13.8 Å². The summed E-state index contributed by atoms with van der Waals surface area (Å²) in [6, 6.07) is 9.99. The monoisotopic (exact) mass is 250 g/mol. The number of benzene rings is 1. The van der Waals surface area contributed by atoms with E-state index >= 15 is 0 Å². The van der Waals surface area contributed by atoms with Crippen LogP contribution in [0.3, 0.4) is 0 Å². The zero-order chi connectivity index (χ0) is 13.4. The van der Waals surface area contributed by atoms with Gasteiger partial charge in [-0.25, -0.2) is 0 Å². The Kier molecular flexibility index (Phi) is 2.63. The summed E-state index contributed by atoms with van der Waals surface area (Å²) in [6.07, 6.45) is 1.79. The zero-order valence-corrected chi connectivity index (χ0v) is 10.9. The Labute approximate surface area is 111 Å². The number of hydrogen-bond acceptors (Lipinski definition) is 4. The van der Waals surface area contributed by atoms with Crippen LogP contribution < -0.4 is 5.73 Å². The van der Waals surface area contributed by atoms with E-state index in [1.807, 2.05) is 44.2 Å². The standard InChI is InChI=1S/C15H14N4/c1-9-10(2)15(16)19-18-14(9)12-5-3-7-13-11(12)6-4-8-17-13/h3-8H,1-2H3,(H2,16,19). The molecule has 3 rings (SSSR count). The van der Waals surface area contributed by atoms with Gasteiger partial charge < -0.3 is 5.73 Å². The molecule has 0 unspecified atom stereocenters. The second kappa shape index (κ2) is 4.31. The number of rotatable bonds is 1. The lowest BCUT2D eigenvalue weighted by atomic mass is 10.00. The molecule has 0 bridgehead atoms.